The zero-order valence-electron chi connectivity index (χ0n) is 11.8. The summed E-state index contributed by atoms with van der Waals surface area (Å²) < 4.78 is 0. The third kappa shape index (κ3) is 7.88. The second-order valence-corrected chi connectivity index (χ2v) is 5.37. The Bertz CT molecular complexity index is 324. The Morgan fingerprint density at radius 3 is 1.94 bits per heavy atom. The van der Waals surface area contributed by atoms with E-state index in [0.717, 1.165) is 5.56 Å². The highest BCUT2D eigenvalue weighted by molar-refractivity contribution is 6.31. The summed E-state index contributed by atoms with van der Waals surface area (Å²) in [4.78, 5) is 0. The summed E-state index contributed by atoms with van der Waals surface area (Å²) >= 11 is 11.4. The van der Waals surface area contributed by atoms with Gasteiger partial charge in [-0.3, -0.25) is 0 Å². The largest absolute Gasteiger partial charge is 0.155 e. The number of nitrogens with zero attached hydrogens (tertiary/aromatic N) is 2. The lowest BCUT2D eigenvalue weighted by atomic mass is 10.1. The van der Waals surface area contributed by atoms with E-state index >= 15 is 0 Å². The van der Waals surface area contributed by atoms with Gasteiger partial charge in [-0.05, 0) is 17.5 Å². The van der Waals surface area contributed by atoms with E-state index in [1.807, 2.05) is 13.8 Å². The molecular weight excluding hydrogens is 267 g/mol. The van der Waals surface area contributed by atoms with E-state index in [4.69, 9.17) is 23.2 Å². The molecule has 2 nitrogen and oxygen atoms in total. The molecule has 0 saturated heterocycles. The fourth-order valence-electron chi connectivity index (χ4n) is 1.45. The molecule has 1 heterocycles. The van der Waals surface area contributed by atoms with Crippen LogP contribution in [0.5, 0.6) is 0 Å². The minimum atomic E-state index is 0.329. The van der Waals surface area contributed by atoms with Crippen molar-refractivity contribution in [2.24, 2.45) is 0 Å². The van der Waals surface area contributed by atoms with Gasteiger partial charge in [0.15, 0.2) is 10.3 Å². The van der Waals surface area contributed by atoms with Gasteiger partial charge in [0.2, 0.25) is 0 Å². The summed E-state index contributed by atoms with van der Waals surface area (Å²) in [5, 5.41) is 8.11. The molecule has 0 fully saturated rings. The lowest BCUT2D eigenvalue weighted by Gasteiger charge is -2.05. The van der Waals surface area contributed by atoms with Gasteiger partial charge < -0.3 is 0 Å². The van der Waals surface area contributed by atoms with Crippen molar-refractivity contribution in [2.45, 2.75) is 65.7 Å². The van der Waals surface area contributed by atoms with Gasteiger partial charge in [-0.25, -0.2) is 0 Å². The third-order valence-corrected chi connectivity index (χ3v) is 3.05. The fraction of sp³-hybridized carbons (Fsp3) is 0.714. The van der Waals surface area contributed by atoms with Crippen LogP contribution in [0, 0.1) is 0 Å². The minimum absolute atomic E-state index is 0.329. The lowest BCUT2D eigenvalue weighted by Crippen LogP contribution is -1.93. The summed E-state index contributed by atoms with van der Waals surface area (Å²) in [5.41, 5.74) is 0.937. The molecule has 0 spiro atoms. The minimum Gasteiger partial charge on any atom is -0.137 e. The Labute approximate surface area is 121 Å². The Morgan fingerprint density at radius 1 is 1.00 bits per heavy atom. The third-order valence-electron chi connectivity index (χ3n) is 2.58. The maximum Gasteiger partial charge on any atom is 0.155 e. The highest BCUT2D eigenvalue weighted by Gasteiger charge is 2.06. The molecule has 0 saturated carbocycles. The van der Waals surface area contributed by atoms with E-state index in [1.165, 1.54) is 32.1 Å². The van der Waals surface area contributed by atoms with Crippen LogP contribution in [0.1, 0.15) is 71.3 Å². The first-order valence-corrected chi connectivity index (χ1v) is 7.47. The van der Waals surface area contributed by atoms with Crippen LogP contribution in [-0.2, 0) is 0 Å². The van der Waals surface area contributed by atoms with Crippen molar-refractivity contribution >= 4 is 23.2 Å². The molecule has 0 radical (unpaired) electrons. The van der Waals surface area contributed by atoms with Crippen molar-refractivity contribution in [3.05, 3.63) is 21.9 Å². The number of aromatic nitrogens is 2. The molecule has 1 rings (SSSR count). The molecule has 1 aromatic heterocycles. The van der Waals surface area contributed by atoms with Crippen LogP contribution in [0.15, 0.2) is 6.07 Å². The van der Waals surface area contributed by atoms with Gasteiger partial charge in [0, 0.05) is 0 Å². The van der Waals surface area contributed by atoms with Crippen molar-refractivity contribution in [1.82, 2.24) is 10.2 Å². The molecular formula is C14H24Cl2N2. The molecule has 0 amide bonds. The van der Waals surface area contributed by atoms with E-state index < -0.39 is 0 Å². The van der Waals surface area contributed by atoms with Crippen LogP contribution in [0.4, 0.5) is 0 Å². The van der Waals surface area contributed by atoms with E-state index in [2.05, 4.69) is 24.0 Å². The van der Waals surface area contributed by atoms with Crippen molar-refractivity contribution in [2.75, 3.05) is 0 Å². The summed E-state index contributed by atoms with van der Waals surface area (Å²) in [5.74, 6) is 0.329. The van der Waals surface area contributed by atoms with E-state index in [1.54, 1.807) is 6.07 Å². The Hall–Kier alpha value is -0.340. The number of hydrogen-bond donors (Lipinski definition) is 0. The van der Waals surface area contributed by atoms with E-state index in [0.29, 0.717) is 16.2 Å². The monoisotopic (exact) mass is 290 g/mol. The van der Waals surface area contributed by atoms with E-state index in [-0.39, 0.29) is 0 Å². The quantitative estimate of drug-likeness (QED) is 0.633. The normalized spacial score (nSPS) is 10.2. The van der Waals surface area contributed by atoms with Gasteiger partial charge in [-0.1, -0.05) is 83.0 Å². The Morgan fingerprint density at radius 2 is 1.56 bits per heavy atom. The molecule has 0 aliphatic heterocycles. The zero-order valence-corrected chi connectivity index (χ0v) is 13.4. The number of hydrogen-bond acceptors (Lipinski definition) is 2. The second kappa shape index (κ2) is 10.6. The Balaban J connectivity index is 0.000000360. The first kappa shape index (κ1) is 17.7. The number of unbranched alkanes of at least 4 members (excludes halogenated alkanes) is 4. The SMILES string of the molecule is CC(C)c1cc(Cl)nnc1Cl.CCCCCCC. The maximum absolute atomic E-state index is 5.76. The van der Waals surface area contributed by atoms with Crippen LogP contribution in [0.25, 0.3) is 0 Å². The molecule has 18 heavy (non-hydrogen) atoms. The number of rotatable bonds is 5. The fourth-order valence-corrected chi connectivity index (χ4v) is 1.91. The van der Waals surface area contributed by atoms with Crippen molar-refractivity contribution in [3.63, 3.8) is 0 Å². The highest BCUT2D eigenvalue weighted by Crippen LogP contribution is 2.22. The lowest BCUT2D eigenvalue weighted by molar-refractivity contribution is 0.656. The molecule has 4 heteroatoms. The van der Waals surface area contributed by atoms with Gasteiger partial charge in [0.25, 0.3) is 0 Å². The van der Waals surface area contributed by atoms with Crippen LogP contribution < -0.4 is 0 Å². The predicted molar refractivity (Wildman–Crippen MR) is 80.6 cm³/mol. The maximum atomic E-state index is 5.76. The number of halogens is 2. The van der Waals surface area contributed by atoms with Gasteiger partial charge in [0.1, 0.15) is 0 Å². The molecule has 0 aliphatic rings. The van der Waals surface area contributed by atoms with Crippen LogP contribution in [-0.4, -0.2) is 10.2 Å². The molecule has 0 aromatic carbocycles. The summed E-state index contributed by atoms with van der Waals surface area (Å²) in [7, 11) is 0. The predicted octanol–water partition coefficient (Wildman–Crippen LogP) is 5.88. The van der Waals surface area contributed by atoms with Gasteiger partial charge in [-0.2, -0.15) is 0 Å². The summed E-state index contributed by atoms with van der Waals surface area (Å²) in [6, 6.07) is 1.74. The van der Waals surface area contributed by atoms with Crippen molar-refractivity contribution < 1.29 is 0 Å². The van der Waals surface area contributed by atoms with Crippen LogP contribution in [0.3, 0.4) is 0 Å². The topological polar surface area (TPSA) is 25.8 Å². The second-order valence-electron chi connectivity index (χ2n) is 4.63. The molecule has 0 bridgehead atoms. The molecule has 0 aliphatic carbocycles. The van der Waals surface area contributed by atoms with E-state index in [9.17, 15) is 0 Å². The first-order chi connectivity index (χ1) is 8.52. The van der Waals surface area contributed by atoms with Gasteiger partial charge in [-0.15, -0.1) is 10.2 Å². The van der Waals surface area contributed by atoms with Crippen molar-refractivity contribution in [1.29, 1.82) is 0 Å². The van der Waals surface area contributed by atoms with Gasteiger partial charge in [0.05, 0.1) is 0 Å². The molecule has 104 valence electrons. The highest BCUT2D eigenvalue weighted by atomic mass is 35.5. The average molecular weight is 291 g/mol. The summed E-state index contributed by atoms with van der Waals surface area (Å²) in [6.07, 6.45) is 7.01. The molecule has 0 N–H and O–H groups in total. The zero-order chi connectivity index (χ0) is 14.0. The average Bonchev–Trinajstić information content (AvgIpc) is 2.33. The smallest absolute Gasteiger partial charge is 0.137 e. The molecule has 0 atom stereocenters. The first-order valence-electron chi connectivity index (χ1n) is 6.71. The molecule has 1 aromatic rings. The van der Waals surface area contributed by atoms with Crippen LogP contribution >= 0.6 is 23.2 Å². The standard InChI is InChI=1S/C7H8Cl2N2.C7H16/c1-4(2)5-3-6(8)10-11-7(5)9;1-3-5-7-6-4-2/h3-4H,1-2H3;3-7H2,1-2H3. The molecule has 0 unspecified atom stereocenters. The van der Waals surface area contributed by atoms with Gasteiger partial charge >= 0.3 is 0 Å². The van der Waals surface area contributed by atoms with Crippen LogP contribution in [0.2, 0.25) is 10.3 Å². The summed E-state index contributed by atoms with van der Waals surface area (Å²) in [6.45, 7) is 8.55. The van der Waals surface area contributed by atoms with Crippen molar-refractivity contribution in [3.8, 4) is 0 Å². The Kier molecular flexibility index (Phi) is 10.4.